The number of para-hydroxylation sites is 1. The summed E-state index contributed by atoms with van der Waals surface area (Å²) in [7, 11) is 1.27. The molecule has 0 amide bonds. The fourth-order valence-electron chi connectivity index (χ4n) is 2.75. The molecule has 0 aliphatic heterocycles. The Kier molecular flexibility index (Phi) is 5.88. The molecule has 1 aromatic heterocycles. The quantitative estimate of drug-likeness (QED) is 0.469. The molecule has 146 valence electrons. The van der Waals surface area contributed by atoms with Crippen LogP contribution in [0.15, 0.2) is 48.7 Å². The van der Waals surface area contributed by atoms with E-state index in [9.17, 15) is 18.4 Å². The Morgan fingerprint density at radius 2 is 1.89 bits per heavy atom. The lowest BCUT2D eigenvalue weighted by Crippen LogP contribution is -2.16. The molecule has 8 heteroatoms. The van der Waals surface area contributed by atoms with Crippen LogP contribution >= 0.6 is 0 Å². The van der Waals surface area contributed by atoms with Gasteiger partial charge < -0.3 is 19.2 Å². The van der Waals surface area contributed by atoms with Crippen LogP contribution in [0.25, 0.3) is 10.9 Å². The lowest BCUT2D eigenvalue weighted by atomic mass is 10.1. The maximum absolute atomic E-state index is 12.4. The summed E-state index contributed by atoms with van der Waals surface area (Å²) in [5, 5.41) is 0.908. The minimum Gasteiger partial charge on any atom is -0.493 e. The lowest BCUT2D eigenvalue weighted by molar-refractivity contribution is -0.141. The number of carbonyl (C=O) groups is 2. The van der Waals surface area contributed by atoms with Crippen molar-refractivity contribution in [2.45, 2.75) is 13.0 Å². The molecule has 3 aromatic rings. The summed E-state index contributed by atoms with van der Waals surface area (Å²) in [4.78, 5) is 27.4. The molecule has 0 aliphatic carbocycles. The monoisotopic (exact) mass is 389 g/mol. The third-order valence-corrected chi connectivity index (χ3v) is 4.08. The highest BCUT2D eigenvalue weighted by atomic mass is 19.3. The van der Waals surface area contributed by atoms with Crippen LogP contribution in [-0.2, 0) is 16.0 Å². The maximum atomic E-state index is 12.4. The highest BCUT2D eigenvalue weighted by Gasteiger charge is 2.16. The van der Waals surface area contributed by atoms with Gasteiger partial charge in [-0.05, 0) is 29.8 Å². The SMILES string of the molecule is COc1cc(C(=O)COC(=O)Cc2c[nH]c3ccccc23)ccc1OC(F)F. The molecule has 0 radical (unpaired) electrons. The first-order valence-electron chi connectivity index (χ1n) is 8.34. The van der Waals surface area contributed by atoms with E-state index in [4.69, 9.17) is 9.47 Å². The van der Waals surface area contributed by atoms with Crippen molar-refractivity contribution >= 4 is 22.7 Å². The Morgan fingerprint density at radius 3 is 2.64 bits per heavy atom. The van der Waals surface area contributed by atoms with Gasteiger partial charge in [0.25, 0.3) is 0 Å². The fourth-order valence-corrected chi connectivity index (χ4v) is 2.75. The van der Waals surface area contributed by atoms with Gasteiger partial charge in [0.05, 0.1) is 13.5 Å². The van der Waals surface area contributed by atoms with Gasteiger partial charge in [-0.3, -0.25) is 9.59 Å². The van der Waals surface area contributed by atoms with E-state index in [0.29, 0.717) is 0 Å². The predicted molar refractivity (Wildman–Crippen MR) is 96.9 cm³/mol. The van der Waals surface area contributed by atoms with E-state index in [2.05, 4.69) is 9.72 Å². The van der Waals surface area contributed by atoms with E-state index >= 15 is 0 Å². The van der Waals surface area contributed by atoms with E-state index in [-0.39, 0.29) is 23.5 Å². The predicted octanol–water partition coefficient (Wildman–Crippen LogP) is 3.75. The summed E-state index contributed by atoms with van der Waals surface area (Å²) >= 11 is 0. The van der Waals surface area contributed by atoms with E-state index in [1.54, 1.807) is 6.20 Å². The van der Waals surface area contributed by atoms with Gasteiger partial charge in [0, 0.05) is 22.7 Å². The molecule has 28 heavy (non-hydrogen) atoms. The minimum absolute atomic E-state index is 0.0157. The van der Waals surface area contributed by atoms with E-state index < -0.39 is 25.0 Å². The summed E-state index contributed by atoms with van der Waals surface area (Å²) < 4.78 is 39.0. The molecule has 0 unspecified atom stereocenters. The number of carbonyl (C=O) groups excluding carboxylic acids is 2. The molecule has 0 aliphatic rings. The van der Waals surface area contributed by atoms with E-state index in [0.717, 1.165) is 16.5 Å². The average molecular weight is 389 g/mol. The van der Waals surface area contributed by atoms with Crippen molar-refractivity contribution in [1.29, 1.82) is 0 Å². The van der Waals surface area contributed by atoms with Gasteiger partial charge in [-0.25, -0.2) is 0 Å². The number of rotatable bonds is 8. The van der Waals surface area contributed by atoms with Gasteiger partial charge >= 0.3 is 12.6 Å². The number of halogens is 2. The summed E-state index contributed by atoms with van der Waals surface area (Å²) in [6, 6.07) is 11.3. The van der Waals surface area contributed by atoms with Gasteiger partial charge in [-0.1, -0.05) is 18.2 Å². The largest absolute Gasteiger partial charge is 0.493 e. The minimum atomic E-state index is -3.01. The number of Topliss-reactive ketones (excluding diaryl/α,β-unsaturated/α-hetero) is 1. The maximum Gasteiger partial charge on any atom is 0.387 e. The van der Waals surface area contributed by atoms with E-state index in [1.807, 2.05) is 24.3 Å². The molecule has 0 spiro atoms. The number of H-pyrrole nitrogens is 1. The Bertz CT molecular complexity index is 999. The third-order valence-electron chi connectivity index (χ3n) is 4.08. The van der Waals surface area contributed by atoms with Crippen molar-refractivity contribution in [2.24, 2.45) is 0 Å². The summed E-state index contributed by atoms with van der Waals surface area (Å²) in [5.74, 6) is -1.25. The highest BCUT2D eigenvalue weighted by molar-refractivity contribution is 5.98. The molecular weight excluding hydrogens is 372 g/mol. The second kappa shape index (κ2) is 8.51. The van der Waals surface area contributed by atoms with Crippen LogP contribution in [0.1, 0.15) is 15.9 Å². The van der Waals surface area contributed by atoms with Crippen LogP contribution in [0.2, 0.25) is 0 Å². The number of aromatic nitrogens is 1. The van der Waals surface area contributed by atoms with Crippen LogP contribution < -0.4 is 9.47 Å². The van der Waals surface area contributed by atoms with Crippen molar-refractivity contribution in [2.75, 3.05) is 13.7 Å². The van der Waals surface area contributed by atoms with Crippen molar-refractivity contribution < 1.29 is 32.6 Å². The molecule has 0 saturated carbocycles. The smallest absolute Gasteiger partial charge is 0.387 e. The van der Waals surface area contributed by atoms with Gasteiger partial charge in [-0.2, -0.15) is 8.78 Å². The van der Waals surface area contributed by atoms with Crippen LogP contribution in [0.5, 0.6) is 11.5 Å². The van der Waals surface area contributed by atoms with E-state index in [1.165, 1.54) is 25.3 Å². The first-order valence-corrected chi connectivity index (χ1v) is 8.34. The Labute approximate surface area is 159 Å². The zero-order valence-corrected chi connectivity index (χ0v) is 14.9. The molecule has 3 rings (SSSR count). The summed E-state index contributed by atoms with van der Waals surface area (Å²) in [6.45, 7) is -3.49. The van der Waals surface area contributed by atoms with Gasteiger partial charge in [0.2, 0.25) is 0 Å². The third kappa shape index (κ3) is 4.46. The number of esters is 1. The second-order valence-electron chi connectivity index (χ2n) is 5.86. The van der Waals surface area contributed by atoms with Gasteiger partial charge in [0.15, 0.2) is 23.9 Å². The molecule has 1 heterocycles. The number of aromatic amines is 1. The zero-order valence-electron chi connectivity index (χ0n) is 14.9. The average Bonchev–Trinajstić information content (AvgIpc) is 3.09. The van der Waals surface area contributed by atoms with Crippen LogP contribution in [0.3, 0.4) is 0 Å². The molecule has 6 nitrogen and oxygen atoms in total. The number of benzene rings is 2. The fraction of sp³-hybridized carbons (Fsp3) is 0.200. The number of nitrogens with one attached hydrogen (secondary N) is 1. The highest BCUT2D eigenvalue weighted by Crippen LogP contribution is 2.29. The van der Waals surface area contributed by atoms with Crippen molar-refractivity contribution in [3.63, 3.8) is 0 Å². The molecular formula is C20H17F2NO5. The normalized spacial score (nSPS) is 10.9. The first-order chi connectivity index (χ1) is 13.5. The Balaban J connectivity index is 1.61. The number of hydrogen-bond acceptors (Lipinski definition) is 5. The van der Waals surface area contributed by atoms with Gasteiger partial charge in [-0.15, -0.1) is 0 Å². The number of ether oxygens (including phenoxy) is 3. The van der Waals surface area contributed by atoms with Crippen molar-refractivity contribution in [3.05, 3.63) is 59.8 Å². The molecule has 0 bridgehead atoms. The second-order valence-corrected chi connectivity index (χ2v) is 5.86. The number of methoxy groups -OCH3 is 1. The standard InChI is InChI=1S/C20H17F2NO5/c1-26-18-8-12(6-7-17(18)28-20(21)22)16(24)11-27-19(25)9-13-10-23-15-5-3-2-4-14(13)15/h2-8,10,20,23H,9,11H2,1H3. The topological polar surface area (TPSA) is 77.6 Å². The molecule has 1 N–H and O–H groups in total. The number of hydrogen-bond donors (Lipinski definition) is 1. The summed E-state index contributed by atoms with van der Waals surface area (Å²) in [6.07, 6.45) is 1.74. The molecule has 2 aromatic carbocycles. The molecule has 0 atom stereocenters. The Hall–Kier alpha value is -3.42. The van der Waals surface area contributed by atoms with Crippen molar-refractivity contribution in [3.8, 4) is 11.5 Å². The number of fused-ring (bicyclic) bond motifs is 1. The lowest BCUT2D eigenvalue weighted by Gasteiger charge is -2.11. The van der Waals surface area contributed by atoms with Crippen LogP contribution in [0.4, 0.5) is 8.78 Å². The number of alkyl halides is 2. The van der Waals surface area contributed by atoms with Crippen molar-refractivity contribution in [1.82, 2.24) is 4.98 Å². The zero-order chi connectivity index (χ0) is 20.1. The van der Waals surface area contributed by atoms with Crippen LogP contribution in [-0.4, -0.2) is 37.1 Å². The first kappa shape index (κ1) is 19.3. The number of ketones is 1. The Morgan fingerprint density at radius 1 is 1.11 bits per heavy atom. The molecule has 0 fully saturated rings. The summed E-state index contributed by atoms with van der Waals surface area (Å²) in [5.41, 5.74) is 1.82. The van der Waals surface area contributed by atoms with Gasteiger partial charge in [0.1, 0.15) is 0 Å². The van der Waals surface area contributed by atoms with Crippen LogP contribution in [0, 0.1) is 0 Å². The molecule has 0 saturated heterocycles.